The number of morpholine rings is 1. The fourth-order valence-corrected chi connectivity index (χ4v) is 3.38. The minimum atomic E-state index is 0. The molecular weight excluding hydrogens is 431 g/mol. The van der Waals surface area contributed by atoms with E-state index in [1.54, 1.807) is 0 Å². The van der Waals surface area contributed by atoms with Gasteiger partial charge >= 0.3 is 0 Å². The molecule has 2 aliphatic rings. The van der Waals surface area contributed by atoms with E-state index in [-0.39, 0.29) is 24.0 Å². The summed E-state index contributed by atoms with van der Waals surface area (Å²) in [5.41, 5.74) is 5.95. The highest BCUT2D eigenvalue weighted by Crippen LogP contribution is 2.13. The van der Waals surface area contributed by atoms with E-state index >= 15 is 0 Å². The maximum Gasteiger partial charge on any atom is 0.188 e. The van der Waals surface area contributed by atoms with Gasteiger partial charge in [0.1, 0.15) is 0 Å². The summed E-state index contributed by atoms with van der Waals surface area (Å²) in [5, 5.41) is 3.24. The third kappa shape index (κ3) is 9.37. The Morgan fingerprint density at radius 1 is 1.12 bits per heavy atom. The van der Waals surface area contributed by atoms with Gasteiger partial charge in [-0.2, -0.15) is 0 Å². The summed E-state index contributed by atoms with van der Waals surface area (Å²) >= 11 is 0. The van der Waals surface area contributed by atoms with Crippen molar-refractivity contribution in [2.24, 2.45) is 10.7 Å². The predicted molar refractivity (Wildman–Crippen MR) is 115 cm³/mol. The van der Waals surface area contributed by atoms with Gasteiger partial charge < -0.3 is 25.6 Å². The number of guanidine groups is 1. The zero-order valence-corrected chi connectivity index (χ0v) is 18.3. The molecule has 2 saturated heterocycles. The topological polar surface area (TPSA) is 69.4 Å². The summed E-state index contributed by atoms with van der Waals surface area (Å²) in [6.45, 7) is 9.98. The highest BCUT2D eigenvalue weighted by Gasteiger charge is 2.19. The first kappa shape index (κ1) is 22.9. The molecule has 25 heavy (non-hydrogen) atoms. The van der Waals surface area contributed by atoms with Crippen LogP contribution >= 0.6 is 24.0 Å². The van der Waals surface area contributed by atoms with Gasteiger partial charge in [-0.05, 0) is 46.4 Å². The number of piperidine rings is 1. The Morgan fingerprint density at radius 3 is 2.40 bits per heavy atom. The van der Waals surface area contributed by atoms with Crippen molar-refractivity contribution in [3.63, 3.8) is 0 Å². The van der Waals surface area contributed by atoms with Crippen molar-refractivity contribution in [2.75, 3.05) is 79.7 Å². The molecule has 0 aromatic rings. The normalized spacial score (nSPS) is 21.3. The zero-order chi connectivity index (χ0) is 17.2. The van der Waals surface area contributed by atoms with Gasteiger partial charge in [-0.25, -0.2) is 0 Å². The van der Waals surface area contributed by atoms with Crippen molar-refractivity contribution in [1.82, 2.24) is 20.0 Å². The predicted octanol–water partition coefficient (Wildman–Crippen LogP) is 0.257. The van der Waals surface area contributed by atoms with Crippen LogP contribution in [0.25, 0.3) is 0 Å². The van der Waals surface area contributed by atoms with Crippen molar-refractivity contribution < 1.29 is 4.74 Å². The van der Waals surface area contributed by atoms with Crippen molar-refractivity contribution in [2.45, 2.75) is 25.3 Å². The molecule has 2 aliphatic heterocycles. The van der Waals surface area contributed by atoms with Crippen LogP contribution in [0.1, 0.15) is 19.3 Å². The summed E-state index contributed by atoms with van der Waals surface area (Å²) in [7, 11) is 4.36. The smallest absolute Gasteiger partial charge is 0.188 e. The maximum absolute atomic E-state index is 5.95. The lowest BCUT2D eigenvalue weighted by atomic mass is 10.0. The molecule has 148 valence electrons. The first-order valence-corrected chi connectivity index (χ1v) is 9.38. The minimum Gasteiger partial charge on any atom is -0.379 e. The Hall–Kier alpha value is -0.160. The SMILES string of the molecule is CN(C)C1CCN(CCNC(N)=NCCCN2CCOCC2)CC1.I. The summed E-state index contributed by atoms with van der Waals surface area (Å²) < 4.78 is 5.35. The number of hydrogen-bond donors (Lipinski definition) is 2. The molecule has 0 amide bonds. The molecule has 8 heteroatoms. The number of nitrogens with zero attached hydrogens (tertiary/aromatic N) is 4. The molecule has 2 heterocycles. The van der Waals surface area contributed by atoms with E-state index in [9.17, 15) is 0 Å². The van der Waals surface area contributed by atoms with Gasteiger partial charge in [0.2, 0.25) is 0 Å². The number of hydrogen-bond acceptors (Lipinski definition) is 5. The van der Waals surface area contributed by atoms with E-state index < -0.39 is 0 Å². The third-order valence-corrected chi connectivity index (χ3v) is 5.04. The first-order valence-electron chi connectivity index (χ1n) is 9.38. The Morgan fingerprint density at radius 2 is 1.76 bits per heavy atom. The average Bonchev–Trinajstić information content (AvgIpc) is 2.60. The Bertz CT molecular complexity index is 368. The summed E-state index contributed by atoms with van der Waals surface area (Å²) in [6.07, 6.45) is 3.58. The van der Waals surface area contributed by atoms with Crippen molar-refractivity contribution in [3.05, 3.63) is 0 Å². The number of likely N-dealkylation sites (tertiary alicyclic amines) is 1. The Kier molecular flexibility index (Phi) is 12.0. The van der Waals surface area contributed by atoms with Crippen LogP contribution in [0.5, 0.6) is 0 Å². The van der Waals surface area contributed by atoms with Crippen molar-refractivity contribution >= 4 is 29.9 Å². The number of aliphatic imine (C=N–C) groups is 1. The lowest BCUT2D eigenvalue weighted by Crippen LogP contribution is -2.45. The highest BCUT2D eigenvalue weighted by molar-refractivity contribution is 14.0. The Labute approximate surface area is 170 Å². The van der Waals surface area contributed by atoms with Gasteiger partial charge in [0.05, 0.1) is 13.2 Å². The van der Waals surface area contributed by atoms with Gasteiger partial charge in [-0.3, -0.25) is 9.89 Å². The molecule has 0 unspecified atom stereocenters. The molecule has 2 rings (SSSR count). The number of rotatable bonds is 8. The van der Waals surface area contributed by atoms with E-state index in [0.29, 0.717) is 5.96 Å². The molecule has 0 spiro atoms. The highest BCUT2D eigenvalue weighted by atomic mass is 127. The lowest BCUT2D eigenvalue weighted by Gasteiger charge is -2.35. The largest absolute Gasteiger partial charge is 0.379 e. The molecule has 0 aromatic carbocycles. The lowest BCUT2D eigenvalue weighted by molar-refractivity contribution is 0.0377. The fourth-order valence-electron chi connectivity index (χ4n) is 3.38. The zero-order valence-electron chi connectivity index (χ0n) is 16.0. The molecule has 0 aromatic heterocycles. The average molecular weight is 468 g/mol. The fraction of sp³-hybridized carbons (Fsp3) is 0.941. The van der Waals surface area contributed by atoms with E-state index in [2.05, 4.69) is 39.1 Å². The third-order valence-electron chi connectivity index (χ3n) is 5.04. The van der Waals surface area contributed by atoms with Crippen LogP contribution in [0.2, 0.25) is 0 Å². The number of halogens is 1. The van der Waals surface area contributed by atoms with Crippen LogP contribution < -0.4 is 11.1 Å². The van der Waals surface area contributed by atoms with Crippen LogP contribution in [-0.2, 0) is 4.74 Å². The molecule has 0 aliphatic carbocycles. The van der Waals surface area contributed by atoms with Crippen molar-refractivity contribution in [1.29, 1.82) is 0 Å². The molecule has 2 fully saturated rings. The summed E-state index contributed by atoms with van der Waals surface area (Å²) in [6, 6.07) is 0.743. The van der Waals surface area contributed by atoms with Gasteiger partial charge in [0, 0.05) is 45.3 Å². The second-order valence-electron chi connectivity index (χ2n) is 7.04. The maximum atomic E-state index is 5.95. The van der Waals surface area contributed by atoms with Crippen LogP contribution in [0, 0.1) is 0 Å². The summed E-state index contributed by atoms with van der Waals surface area (Å²) in [4.78, 5) is 11.7. The molecule has 0 bridgehead atoms. The van der Waals surface area contributed by atoms with Crippen LogP contribution in [0.3, 0.4) is 0 Å². The monoisotopic (exact) mass is 468 g/mol. The molecule has 0 saturated carbocycles. The van der Waals surface area contributed by atoms with E-state index in [4.69, 9.17) is 10.5 Å². The number of nitrogens with two attached hydrogens (primary N) is 1. The Balaban J connectivity index is 0.00000312. The molecule has 7 nitrogen and oxygen atoms in total. The van der Waals surface area contributed by atoms with Crippen LogP contribution in [0.4, 0.5) is 0 Å². The van der Waals surface area contributed by atoms with Crippen molar-refractivity contribution in [3.8, 4) is 0 Å². The van der Waals surface area contributed by atoms with Gasteiger partial charge in [0.25, 0.3) is 0 Å². The van der Waals surface area contributed by atoms with Crippen LogP contribution in [-0.4, -0.2) is 106 Å². The number of ether oxygens (including phenoxy) is 1. The van der Waals surface area contributed by atoms with Crippen LogP contribution in [0.15, 0.2) is 4.99 Å². The standard InChI is InChI=1S/C17H36N6O.HI/c1-21(2)16-4-9-23(10-5-16)11-7-20-17(18)19-6-3-8-22-12-14-24-15-13-22;/h16H,3-15H2,1-2H3,(H3,18,19,20);1H. The quantitative estimate of drug-likeness (QED) is 0.231. The molecular formula is C17H37IN6O. The molecule has 0 radical (unpaired) electrons. The second kappa shape index (κ2) is 13.1. The molecule has 3 N–H and O–H groups in total. The second-order valence-corrected chi connectivity index (χ2v) is 7.04. The minimum absolute atomic E-state index is 0. The van der Waals surface area contributed by atoms with Gasteiger partial charge in [-0.15, -0.1) is 24.0 Å². The van der Waals surface area contributed by atoms with Gasteiger partial charge in [-0.1, -0.05) is 0 Å². The van der Waals surface area contributed by atoms with Gasteiger partial charge in [0.15, 0.2) is 5.96 Å². The molecule has 0 atom stereocenters. The summed E-state index contributed by atoms with van der Waals surface area (Å²) in [5.74, 6) is 0.583. The van der Waals surface area contributed by atoms with E-state index in [1.807, 2.05) is 0 Å². The van der Waals surface area contributed by atoms with E-state index in [0.717, 1.165) is 64.9 Å². The number of nitrogens with one attached hydrogen (secondary N) is 1. The first-order chi connectivity index (χ1) is 11.6. The van der Waals surface area contributed by atoms with E-state index in [1.165, 1.54) is 25.9 Å².